The first-order valence-electron chi connectivity index (χ1n) is 4.56. The summed E-state index contributed by atoms with van der Waals surface area (Å²) in [5.74, 6) is 0.940. The highest BCUT2D eigenvalue weighted by molar-refractivity contribution is 5.47. The van der Waals surface area contributed by atoms with E-state index >= 15 is 0 Å². The van der Waals surface area contributed by atoms with Gasteiger partial charge in [-0.15, -0.1) is 10.2 Å². The third kappa shape index (κ3) is 1.46. The van der Waals surface area contributed by atoms with E-state index in [0.29, 0.717) is 0 Å². The number of hydrogen-bond donors (Lipinski definition) is 1. The molecule has 0 aliphatic carbocycles. The van der Waals surface area contributed by atoms with Crippen molar-refractivity contribution in [2.75, 3.05) is 5.73 Å². The maximum absolute atomic E-state index is 5.70. The van der Waals surface area contributed by atoms with E-state index in [0.717, 1.165) is 23.6 Å². The van der Waals surface area contributed by atoms with Gasteiger partial charge in [-0.05, 0) is 18.2 Å². The van der Waals surface area contributed by atoms with Crippen LogP contribution in [0.4, 0.5) is 5.69 Å². The zero-order chi connectivity index (χ0) is 9.97. The van der Waals surface area contributed by atoms with Gasteiger partial charge >= 0.3 is 0 Å². The van der Waals surface area contributed by atoms with Crippen molar-refractivity contribution in [3.63, 3.8) is 0 Å². The molecule has 14 heavy (non-hydrogen) atoms. The van der Waals surface area contributed by atoms with E-state index in [2.05, 4.69) is 10.2 Å². The largest absolute Gasteiger partial charge is 0.399 e. The first-order valence-corrected chi connectivity index (χ1v) is 4.56. The predicted octanol–water partition coefficient (Wildman–Crippen LogP) is 1.41. The maximum atomic E-state index is 5.70. The number of anilines is 1. The zero-order valence-corrected chi connectivity index (χ0v) is 8.01. The standard InChI is InChI=1S/C10H12N4/c1-2-10-13-12-7-14(10)9-5-3-4-8(11)6-9/h3-7H,2,11H2,1H3. The molecule has 0 aliphatic rings. The second-order valence-electron chi connectivity index (χ2n) is 3.07. The molecule has 1 heterocycles. The molecule has 72 valence electrons. The minimum absolute atomic E-state index is 0.748. The number of nitrogens with two attached hydrogens (primary N) is 1. The molecule has 1 aromatic carbocycles. The molecular formula is C10H12N4. The molecule has 0 aliphatic heterocycles. The van der Waals surface area contributed by atoms with Crippen molar-refractivity contribution in [3.05, 3.63) is 36.4 Å². The number of benzene rings is 1. The van der Waals surface area contributed by atoms with Gasteiger partial charge in [-0.2, -0.15) is 0 Å². The van der Waals surface area contributed by atoms with Gasteiger partial charge in [0.25, 0.3) is 0 Å². The van der Waals surface area contributed by atoms with Crippen LogP contribution in [-0.4, -0.2) is 14.8 Å². The molecule has 4 heteroatoms. The molecule has 0 unspecified atom stereocenters. The Kier molecular flexibility index (Phi) is 2.18. The van der Waals surface area contributed by atoms with Crippen LogP contribution in [0.2, 0.25) is 0 Å². The first-order chi connectivity index (χ1) is 6.81. The summed E-state index contributed by atoms with van der Waals surface area (Å²) in [5.41, 5.74) is 7.46. The summed E-state index contributed by atoms with van der Waals surface area (Å²) in [4.78, 5) is 0. The van der Waals surface area contributed by atoms with Gasteiger partial charge in [0.15, 0.2) is 0 Å². The summed E-state index contributed by atoms with van der Waals surface area (Å²) in [5, 5.41) is 7.88. The zero-order valence-electron chi connectivity index (χ0n) is 8.01. The van der Waals surface area contributed by atoms with Crippen LogP contribution < -0.4 is 5.73 Å². The van der Waals surface area contributed by atoms with Crippen molar-refractivity contribution in [2.24, 2.45) is 0 Å². The topological polar surface area (TPSA) is 56.7 Å². The summed E-state index contributed by atoms with van der Waals surface area (Å²) in [7, 11) is 0. The van der Waals surface area contributed by atoms with Gasteiger partial charge in [-0.25, -0.2) is 0 Å². The molecule has 0 amide bonds. The predicted molar refractivity (Wildman–Crippen MR) is 55.1 cm³/mol. The van der Waals surface area contributed by atoms with Crippen molar-refractivity contribution < 1.29 is 0 Å². The number of rotatable bonds is 2. The molecule has 0 saturated carbocycles. The molecule has 0 saturated heterocycles. The fourth-order valence-electron chi connectivity index (χ4n) is 1.39. The number of aromatic nitrogens is 3. The van der Waals surface area contributed by atoms with Gasteiger partial charge in [0, 0.05) is 12.1 Å². The SMILES string of the molecule is CCc1nncn1-c1cccc(N)c1. The lowest BCUT2D eigenvalue weighted by Crippen LogP contribution is -1.99. The second-order valence-corrected chi connectivity index (χ2v) is 3.07. The minimum Gasteiger partial charge on any atom is -0.399 e. The van der Waals surface area contributed by atoms with Gasteiger partial charge in [0.05, 0.1) is 5.69 Å². The van der Waals surface area contributed by atoms with Crippen LogP contribution in [0.1, 0.15) is 12.7 Å². The molecule has 0 atom stereocenters. The first kappa shape index (κ1) is 8.74. The van der Waals surface area contributed by atoms with Crippen LogP contribution in [-0.2, 0) is 6.42 Å². The highest BCUT2D eigenvalue weighted by Gasteiger charge is 2.03. The number of nitrogen functional groups attached to an aromatic ring is 1. The molecule has 0 radical (unpaired) electrons. The third-order valence-electron chi connectivity index (χ3n) is 2.08. The molecule has 0 bridgehead atoms. The van der Waals surface area contributed by atoms with Crippen LogP contribution in [0.3, 0.4) is 0 Å². The van der Waals surface area contributed by atoms with E-state index in [4.69, 9.17) is 5.73 Å². The van der Waals surface area contributed by atoms with Crippen molar-refractivity contribution in [1.82, 2.24) is 14.8 Å². The molecule has 2 aromatic rings. The quantitative estimate of drug-likeness (QED) is 0.725. The minimum atomic E-state index is 0.748. The van der Waals surface area contributed by atoms with E-state index in [1.807, 2.05) is 35.8 Å². The fourth-order valence-corrected chi connectivity index (χ4v) is 1.39. The summed E-state index contributed by atoms with van der Waals surface area (Å²) < 4.78 is 1.94. The Bertz CT molecular complexity index is 433. The number of hydrogen-bond acceptors (Lipinski definition) is 3. The van der Waals surface area contributed by atoms with Crippen LogP contribution in [0.15, 0.2) is 30.6 Å². The monoisotopic (exact) mass is 188 g/mol. The van der Waals surface area contributed by atoms with Crippen molar-refractivity contribution in [2.45, 2.75) is 13.3 Å². The molecule has 4 nitrogen and oxygen atoms in total. The molecular weight excluding hydrogens is 176 g/mol. The number of nitrogens with zero attached hydrogens (tertiary/aromatic N) is 3. The van der Waals surface area contributed by atoms with E-state index in [-0.39, 0.29) is 0 Å². The van der Waals surface area contributed by atoms with Gasteiger partial charge in [0.2, 0.25) is 0 Å². The van der Waals surface area contributed by atoms with Gasteiger partial charge in [-0.3, -0.25) is 4.57 Å². The molecule has 0 fully saturated rings. The summed E-state index contributed by atoms with van der Waals surface area (Å²) in [6.07, 6.45) is 2.56. The Hall–Kier alpha value is -1.84. The lowest BCUT2D eigenvalue weighted by molar-refractivity contribution is 0.883. The van der Waals surface area contributed by atoms with Crippen LogP contribution in [0.25, 0.3) is 5.69 Å². The maximum Gasteiger partial charge on any atom is 0.137 e. The Morgan fingerprint density at radius 1 is 1.43 bits per heavy atom. The number of aryl methyl sites for hydroxylation is 1. The highest BCUT2D eigenvalue weighted by Crippen LogP contribution is 2.13. The molecule has 1 aromatic heterocycles. The van der Waals surface area contributed by atoms with Crippen molar-refractivity contribution >= 4 is 5.69 Å². The fraction of sp³-hybridized carbons (Fsp3) is 0.200. The van der Waals surface area contributed by atoms with E-state index in [9.17, 15) is 0 Å². The van der Waals surface area contributed by atoms with Gasteiger partial charge in [0.1, 0.15) is 12.2 Å². The van der Waals surface area contributed by atoms with Crippen LogP contribution in [0.5, 0.6) is 0 Å². The Morgan fingerprint density at radius 2 is 2.29 bits per heavy atom. The van der Waals surface area contributed by atoms with E-state index in [1.54, 1.807) is 6.33 Å². The van der Waals surface area contributed by atoms with Crippen LogP contribution in [0, 0.1) is 0 Å². The third-order valence-corrected chi connectivity index (χ3v) is 2.08. The summed E-state index contributed by atoms with van der Waals surface area (Å²) >= 11 is 0. The van der Waals surface area contributed by atoms with E-state index in [1.165, 1.54) is 0 Å². The summed E-state index contributed by atoms with van der Waals surface area (Å²) in [6, 6.07) is 7.67. The Labute approximate surface area is 82.4 Å². The molecule has 2 N–H and O–H groups in total. The van der Waals surface area contributed by atoms with Crippen LogP contribution >= 0.6 is 0 Å². The summed E-state index contributed by atoms with van der Waals surface area (Å²) in [6.45, 7) is 2.05. The normalized spacial score (nSPS) is 10.4. The van der Waals surface area contributed by atoms with Crippen molar-refractivity contribution in [3.8, 4) is 5.69 Å². The second kappa shape index (κ2) is 3.49. The lowest BCUT2D eigenvalue weighted by atomic mass is 10.3. The highest BCUT2D eigenvalue weighted by atomic mass is 15.3. The smallest absolute Gasteiger partial charge is 0.137 e. The van der Waals surface area contributed by atoms with Crippen molar-refractivity contribution in [1.29, 1.82) is 0 Å². The Morgan fingerprint density at radius 3 is 3.00 bits per heavy atom. The molecule has 2 rings (SSSR count). The average molecular weight is 188 g/mol. The molecule has 0 spiro atoms. The Balaban J connectivity index is 2.49. The van der Waals surface area contributed by atoms with E-state index < -0.39 is 0 Å². The van der Waals surface area contributed by atoms with Gasteiger partial charge < -0.3 is 5.73 Å². The lowest BCUT2D eigenvalue weighted by Gasteiger charge is -2.05. The van der Waals surface area contributed by atoms with Gasteiger partial charge in [-0.1, -0.05) is 13.0 Å². The average Bonchev–Trinajstić information content (AvgIpc) is 2.65.